The number of carbonyl (C=O) groups is 1. The van der Waals surface area contributed by atoms with E-state index in [1.165, 1.54) is 19.3 Å². The van der Waals surface area contributed by atoms with Crippen LogP contribution in [0.25, 0.3) is 10.9 Å². The average Bonchev–Trinajstić information content (AvgIpc) is 2.55. The fourth-order valence-corrected chi connectivity index (χ4v) is 2.79. The summed E-state index contributed by atoms with van der Waals surface area (Å²) in [7, 11) is 0. The Hall–Kier alpha value is -1.94. The van der Waals surface area contributed by atoms with Gasteiger partial charge in [0.1, 0.15) is 5.69 Å². The van der Waals surface area contributed by atoms with Crippen molar-refractivity contribution in [3.63, 3.8) is 0 Å². The number of piperidine rings is 1. The van der Waals surface area contributed by atoms with Crippen LogP contribution in [-0.4, -0.2) is 42.0 Å². The largest absolute Gasteiger partial charge is 0.349 e. The summed E-state index contributed by atoms with van der Waals surface area (Å²) in [6, 6.07) is 11.6. The quantitative estimate of drug-likeness (QED) is 0.937. The van der Waals surface area contributed by atoms with Gasteiger partial charge in [0.25, 0.3) is 5.91 Å². The molecule has 1 N–H and O–H groups in total. The molecule has 4 heteroatoms. The minimum atomic E-state index is -0.0854. The average molecular weight is 283 g/mol. The van der Waals surface area contributed by atoms with Gasteiger partial charge in [-0.25, -0.2) is 4.98 Å². The molecule has 1 fully saturated rings. The van der Waals surface area contributed by atoms with Crippen molar-refractivity contribution in [2.45, 2.75) is 19.3 Å². The van der Waals surface area contributed by atoms with Gasteiger partial charge in [0.15, 0.2) is 0 Å². The summed E-state index contributed by atoms with van der Waals surface area (Å²) in [5.41, 5.74) is 1.36. The second-order valence-corrected chi connectivity index (χ2v) is 5.55. The molecule has 2 heterocycles. The van der Waals surface area contributed by atoms with Gasteiger partial charge in [0, 0.05) is 18.5 Å². The zero-order chi connectivity index (χ0) is 14.5. The van der Waals surface area contributed by atoms with Crippen LogP contribution >= 0.6 is 0 Å². The molecule has 0 bridgehead atoms. The summed E-state index contributed by atoms with van der Waals surface area (Å²) in [4.78, 5) is 19.0. The molecular formula is C17H21N3O. The van der Waals surface area contributed by atoms with E-state index in [1.54, 1.807) is 6.07 Å². The van der Waals surface area contributed by atoms with E-state index in [-0.39, 0.29) is 5.91 Å². The molecule has 1 amide bonds. The molecule has 1 aliphatic rings. The number of carbonyl (C=O) groups excluding carboxylic acids is 1. The highest BCUT2D eigenvalue weighted by atomic mass is 16.1. The summed E-state index contributed by atoms with van der Waals surface area (Å²) in [6.45, 7) is 3.93. The Morgan fingerprint density at radius 3 is 2.76 bits per heavy atom. The van der Waals surface area contributed by atoms with E-state index >= 15 is 0 Å². The van der Waals surface area contributed by atoms with Gasteiger partial charge in [0.2, 0.25) is 0 Å². The molecule has 0 atom stereocenters. The monoisotopic (exact) mass is 283 g/mol. The molecule has 0 saturated carbocycles. The number of nitrogens with zero attached hydrogens (tertiary/aromatic N) is 2. The van der Waals surface area contributed by atoms with Crippen LogP contribution in [0, 0.1) is 0 Å². The molecule has 0 spiro atoms. The van der Waals surface area contributed by atoms with E-state index in [9.17, 15) is 4.79 Å². The van der Waals surface area contributed by atoms with Crippen molar-refractivity contribution < 1.29 is 4.79 Å². The van der Waals surface area contributed by atoms with E-state index in [1.807, 2.05) is 30.3 Å². The number of fused-ring (bicyclic) bond motifs is 1. The van der Waals surface area contributed by atoms with E-state index in [4.69, 9.17) is 0 Å². The van der Waals surface area contributed by atoms with E-state index in [0.717, 1.165) is 30.5 Å². The van der Waals surface area contributed by atoms with Gasteiger partial charge in [-0.3, -0.25) is 4.79 Å². The first-order valence-electron chi connectivity index (χ1n) is 7.69. The van der Waals surface area contributed by atoms with Crippen LogP contribution in [0.5, 0.6) is 0 Å². The van der Waals surface area contributed by atoms with Crippen LogP contribution in [0.15, 0.2) is 36.4 Å². The SMILES string of the molecule is O=C(NCCN1CCCCC1)c1ccc2ccccc2n1. The second kappa shape index (κ2) is 6.68. The molecule has 3 rings (SSSR count). The van der Waals surface area contributed by atoms with Crippen LogP contribution in [0.2, 0.25) is 0 Å². The molecule has 0 radical (unpaired) electrons. The third kappa shape index (κ3) is 3.58. The first kappa shape index (κ1) is 14.0. The molecule has 21 heavy (non-hydrogen) atoms. The lowest BCUT2D eigenvalue weighted by Crippen LogP contribution is -2.37. The fourth-order valence-electron chi connectivity index (χ4n) is 2.79. The van der Waals surface area contributed by atoms with Gasteiger partial charge < -0.3 is 10.2 Å². The van der Waals surface area contributed by atoms with Crippen molar-refractivity contribution >= 4 is 16.8 Å². The lowest BCUT2D eigenvalue weighted by atomic mass is 10.1. The number of amides is 1. The highest BCUT2D eigenvalue weighted by Gasteiger charge is 2.11. The minimum Gasteiger partial charge on any atom is -0.349 e. The van der Waals surface area contributed by atoms with Gasteiger partial charge in [-0.1, -0.05) is 30.7 Å². The Labute approximate surface area is 125 Å². The van der Waals surface area contributed by atoms with E-state index in [0.29, 0.717) is 12.2 Å². The van der Waals surface area contributed by atoms with Gasteiger partial charge >= 0.3 is 0 Å². The van der Waals surface area contributed by atoms with Crippen LogP contribution in [-0.2, 0) is 0 Å². The Kier molecular flexibility index (Phi) is 4.46. The number of rotatable bonds is 4. The fraction of sp³-hybridized carbons (Fsp3) is 0.412. The molecule has 110 valence electrons. The van der Waals surface area contributed by atoms with Gasteiger partial charge in [-0.05, 0) is 38.1 Å². The number of nitrogens with one attached hydrogen (secondary N) is 1. The summed E-state index contributed by atoms with van der Waals surface area (Å²) in [6.07, 6.45) is 3.89. The third-order valence-corrected chi connectivity index (χ3v) is 3.99. The van der Waals surface area contributed by atoms with Gasteiger partial charge in [-0.15, -0.1) is 0 Å². The Morgan fingerprint density at radius 2 is 1.90 bits per heavy atom. The lowest BCUT2D eigenvalue weighted by molar-refractivity contribution is 0.0942. The number of hydrogen-bond acceptors (Lipinski definition) is 3. The minimum absolute atomic E-state index is 0.0854. The number of para-hydroxylation sites is 1. The number of likely N-dealkylation sites (tertiary alicyclic amines) is 1. The summed E-state index contributed by atoms with van der Waals surface area (Å²) in [5, 5.41) is 4.03. The van der Waals surface area contributed by atoms with E-state index < -0.39 is 0 Å². The maximum absolute atomic E-state index is 12.1. The molecule has 1 aromatic heterocycles. The van der Waals surface area contributed by atoms with Crippen molar-refractivity contribution in [3.8, 4) is 0 Å². The number of aromatic nitrogens is 1. The highest BCUT2D eigenvalue weighted by Crippen LogP contribution is 2.11. The predicted octanol–water partition coefficient (Wildman–Crippen LogP) is 2.45. The molecule has 4 nitrogen and oxygen atoms in total. The first-order valence-corrected chi connectivity index (χ1v) is 7.69. The van der Waals surface area contributed by atoms with Crippen molar-refractivity contribution in [1.82, 2.24) is 15.2 Å². The second-order valence-electron chi connectivity index (χ2n) is 5.55. The lowest BCUT2D eigenvalue weighted by Gasteiger charge is -2.26. The van der Waals surface area contributed by atoms with Crippen LogP contribution in [0.1, 0.15) is 29.8 Å². The molecule has 1 aliphatic heterocycles. The smallest absolute Gasteiger partial charge is 0.269 e. The Balaban J connectivity index is 1.56. The van der Waals surface area contributed by atoms with Crippen LogP contribution < -0.4 is 5.32 Å². The number of hydrogen-bond donors (Lipinski definition) is 1. The topological polar surface area (TPSA) is 45.2 Å². The van der Waals surface area contributed by atoms with Crippen molar-refractivity contribution in [2.75, 3.05) is 26.2 Å². The van der Waals surface area contributed by atoms with Crippen molar-refractivity contribution in [2.24, 2.45) is 0 Å². The summed E-state index contributed by atoms with van der Waals surface area (Å²) >= 11 is 0. The van der Waals surface area contributed by atoms with Gasteiger partial charge in [-0.2, -0.15) is 0 Å². The van der Waals surface area contributed by atoms with Crippen molar-refractivity contribution in [3.05, 3.63) is 42.1 Å². The molecular weight excluding hydrogens is 262 g/mol. The first-order chi connectivity index (χ1) is 10.3. The zero-order valence-corrected chi connectivity index (χ0v) is 12.2. The zero-order valence-electron chi connectivity index (χ0n) is 12.2. The molecule has 0 unspecified atom stereocenters. The molecule has 1 saturated heterocycles. The maximum Gasteiger partial charge on any atom is 0.269 e. The van der Waals surface area contributed by atoms with Crippen LogP contribution in [0.4, 0.5) is 0 Å². The summed E-state index contributed by atoms with van der Waals surface area (Å²) in [5.74, 6) is -0.0854. The highest BCUT2D eigenvalue weighted by molar-refractivity contribution is 5.94. The molecule has 2 aromatic rings. The van der Waals surface area contributed by atoms with E-state index in [2.05, 4.69) is 15.2 Å². The number of pyridine rings is 1. The Bertz CT molecular complexity index is 620. The standard InChI is InChI=1S/C17H21N3O/c21-17(18-10-13-20-11-4-1-5-12-20)16-9-8-14-6-2-3-7-15(14)19-16/h2-3,6-9H,1,4-5,10-13H2,(H,18,21). The Morgan fingerprint density at radius 1 is 1.10 bits per heavy atom. The normalized spacial score (nSPS) is 16.0. The van der Waals surface area contributed by atoms with Gasteiger partial charge in [0.05, 0.1) is 5.52 Å². The number of benzene rings is 1. The third-order valence-electron chi connectivity index (χ3n) is 3.99. The molecule has 1 aromatic carbocycles. The molecule has 0 aliphatic carbocycles. The summed E-state index contributed by atoms with van der Waals surface area (Å²) < 4.78 is 0. The van der Waals surface area contributed by atoms with Crippen molar-refractivity contribution in [1.29, 1.82) is 0 Å². The van der Waals surface area contributed by atoms with Crippen LogP contribution in [0.3, 0.4) is 0 Å². The predicted molar refractivity (Wildman–Crippen MR) is 84.4 cm³/mol. The maximum atomic E-state index is 12.1.